The summed E-state index contributed by atoms with van der Waals surface area (Å²) in [5.74, 6) is 0.832. The number of halogens is 3. The van der Waals surface area contributed by atoms with Gasteiger partial charge in [-0.3, -0.25) is 9.69 Å². The van der Waals surface area contributed by atoms with Crippen LogP contribution in [0.25, 0.3) is 17.1 Å². The van der Waals surface area contributed by atoms with Crippen molar-refractivity contribution in [3.05, 3.63) is 89.7 Å². The number of aliphatic imine (C=N–C) groups is 1. The van der Waals surface area contributed by atoms with Crippen LogP contribution in [0.3, 0.4) is 0 Å². The van der Waals surface area contributed by atoms with Gasteiger partial charge in [-0.2, -0.15) is 4.99 Å². The van der Waals surface area contributed by atoms with Gasteiger partial charge in [0.1, 0.15) is 17.9 Å². The number of carbonyl (C=O) groups is 2. The van der Waals surface area contributed by atoms with Gasteiger partial charge < -0.3 is 10.1 Å². The first-order valence-electron chi connectivity index (χ1n) is 13.9. The van der Waals surface area contributed by atoms with Crippen molar-refractivity contribution in [1.82, 2.24) is 20.1 Å². The lowest BCUT2D eigenvalue weighted by atomic mass is 10.0. The van der Waals surface area contributed by atoms with E-state index in [0.717, 1.165) is 52.5 Å². The molecule has 0 aliphatic carbocycles. The lowest BCUT2D eigenvalue weighted by Gasteiger charge is -2.20. The third kappa shape index (κ3) is 7.64. The lowest BCUT2D eigenvalue weighted by Crippen LogP contribution is -2.32. The molecule has 1 N–H and O–H groups in total. The molecule has 1 aromatic heterocycles. The maximum atomic E-state index is 12.7. The van der Waals surface area contributed by atoms with E-state index in [1.165, 1.54) is 35.3 Å². The van der Waals surface area contributed by atoms with E-state index >= 15 is 0 Å². The molecule has 44 heavy (non-hydrogen) atoms. The van der Waals surface area contributed by atoms with Crippen molar-refractivity contribution in [3.8, 4) is 22.8 Å². The van der Waals surface area contributed by atoms with E-state index in [2.05, 4.69) is 32.1 Å². The molecule has 0 spiro atoms. The number of ether oxygens (including phenoxy) is 1. The second-order valence-corrected chi connectivity index (χ2v) is 11.0. The van der Waals surface area contributed by atoms with Gasteiger partial charge in [-0.1, -0.05) is 55.4 Å². The Morgan fingerprint density at radius 2 is 1.89 bits per heavy atom. The van der Waals surface area contributed by atoms with Crippen molar-refractivity contribution in [3.63, 3.8) is 0 Å². The molecule has 13 heteroatoms. The summed E-state index contributed by atoms with van der Waals surface area (Å²) in [4.78, 5) is 35.6. The molecule has 0 bridgehead atoms. The average Bonchev–Trinajstić information content (AvgIpc) is 3.61. The van der Waals surface area contributed by atoms with E-state index in [4.69, 9.17) is 0 Å². The van der Waals surface area contributed by atoms with Gasteiger partial charge in [0, 0.05) is 12.1 Å². The fraction of sp³-hybridized carbons (Fsp3) is 0.258. The fourth-order valence-corrected chi connectivity index (χ4v) is 5.48. The minimum atomic E-state index is -4.76. The molecule has 1 saturated heterocycles. The normalized spacial score (nSPS) is 14.3. The number of benzene rings is 3. The third-order valence-electron chi connectivity index (χ3n) is 6.70. The highest BCUT2D eigenvalue weighted by molar-refractivity contribution is 8.15. The second kappa shape index (κ2) is 13.3. The van der Waals surface area contributed by atoms with Gasteiger partial charge in [-0.15, -0.1) is 18.3 Å². The van der Waals surface area contributed by atoms with Crippen molar-refractivity contribution < 1.29 is 27.5 Å². The van der Waals surface area contributed by atoms with Crippen LogP contribution in [0.5, 0.6) is 5.75 Å². The number of amides is 3. The molecule has 1 fully saturated rings. The van der Waals surface area contributed by atoms with Crippen LogP contribution in [0.2, 0.25) is 0 Å². The number of aromatic nitrogens is 3. The summed E-state index contributed by atoms with van der Waals surface area (Å²) in [5.41, 5.74) is 5.01. The molecule has 3 aromatic carbocycles. The van der Waals surface area contributed by atoms with Gasteiger partial charge in [0.2, 0.25) is 0 Å². The number of anilines is 1. The molecule has 1 aliphatic heterocycles. The molecular weight excluding hydrogens is 593 g/mol. The molecule has 228 valence electrons. The fourth-order valence-electron chi connectivity index (χ4n) is 4.70. The summed E-state index contributed by atoms with van der Waals surface area (Å²) in [6.07, 6.45) is -1.04. The molecule has 1 aliphatic rings. The molecule has 5 rings (SSSR count). The van der Waals surface area contributed by atoms with Gasteiger partial charge in [0.25, 0.3) is 5.24 Å². The predicted molar refractivity (Wildman–Crippen MR) is 164 cm³/mol. The van der Waals surface area contributed by atoms with Gasteiger partial charge in [-0.25, -0.2) is 14.5 Å². The zero-order chi connectivity index (χ0) is 31.3. The quantitative estimate of drug-likeness (QED) is 0.213. The third-order valence-corrected chi connectivity index (χ3v) is 7.53. The predicted octanol–water partition coefficient (Wildman–Crippen LogP) is 7.12. The molecule has 9 nitrogen and oxygen atoms in total. The smallest absolute Gasteiger partial charge is 0.406 e. The number of urea groups is 1. The van der Waals surface area contributed by atoms with Crippen molar-refractivity contribution in [1.29, 1.82) is 0 Å². The van der Waals surface area contributed by atoms with Crippen molar-refractivity contribution in [2.24, 2.45) is 4.99 Å². The van der Waals surface area contributed by atoms with E-state index in [1.807, 2.05) is 49.4 Å². The number of amidine groups is 1. The minimum absolute atomic E-state index is 0.153. The van der Waals surface area contributed by atoms with E-state index in [9.17, 15) is 22.8 Å². The van der Waals surface area contributed by atoms with Crippen LogP contribution in [-0.2, 0) is 12.8 Å². The highest BCUT2D eigenvalue weighted by Gasteiger charge is 2.32. The molecule has 2 heterocycles. The van der Waals surface area contributed by atoms with Gasteiger partial charge in [-0.05, 0) is 72.9 Å². The maximum Gasteiger partial charge on any atom is 0.573 e. The molecule has 3 amide bonds. The van der Waals surface area contributed by atoms with Gasteiger partial charge in [0.15, 0.2) is 5.82 Å². The second-order valence-electron chi connectivity index (χ2n) is 10.0. The summed E-state index contributed by atoms with van der Waals surface area (Å²) in [6.45, 7) is 4.36. The Kier molecular flexibility index (Phi) is 9.33. The Labute approximate surface area is 256 Å². The zero-order valence-electron chi connectivity index (χ0n) is 24.0. The van der Waals surface area contributed by atoms with E-state index in [1.54, 1.807) is 4.90 Å². The summed E-state index contributed by atoms with van der Waals surface area (Å²) < 4.78 is 42.6. The van der Waals surface area contributed by atoms with Crippen LogP contribution in [-0.4, -0.2) is 50.5 Å². The minimum Gasteiger partial charge on any atom is -0.406 e. The first kappa shape index (κ1) is 30.8. The standard InChI is InChI=1S/C31H29F3N6O3S/c1-3-5-22-9-8-20(2)16-26(22)40-27(18-44-30(40)42)37-29(41)35-15-14-21-6-4-7-23(17-21)28-36-19-39(38-28)24-10-12-25(13-11-24)43-31(32,33)34/h4,6-13,16-17,19H,3,5,14-15,18H2,1-2H3,(H,35,41). The van der Waals surface area contributed by atoms with Gasteiger partial charge >= 0.3 is 12.4 Å². The monoisotopic (exact) mass is 622 g/mol. The van der Waals surface area contributed by atoms with Crippen LogP contribution in [0, 0.1) is 6.92 Å². The number of hydrogen-bond donors (Lipinski definition) is 1. The number of nitrogens with zero attached hydrogens (tertiary/aromatic N) is 5. The highest BCUT2D eigenvalue weighted by Crippen LogP contribution is 2.32. The largest absolute Gasteiger partial charge is 0.573 e. The van der Waals surface area contributed by atoms with Gasteiger partial charge in [0.05, 0.1) is 17.1 Å². The Morgan fingerprint density at radius 1 is 1.09 bits per heavy atom. The number of hydrogen-bond acceptors (Lipinski definition) is 6. The zero-order valence-corrected chi connectivity index (χ0v) is 24.8. The first-order valence-corrected chi connectivity index (χ1v) is 14.9. The Balaban J connectivity index is 1.21. The molecule has 0 radical (unpaired) electrons. The van der Waals surface area contributed by atoms with Crippen LogP contribution in [0.4, 0.5) is 28.4 Å². The molecule has 0 saturated carbocycles. The van der Waals surface area contributed by atoms with Crippen LogP contribution in [0.15, 0.2) is 78.0 Å². The summed E-state index contributed by atoms with van der Waals surface area (Å²) in [6, 6.07) is 18.3. The lowest BCUT2D eigenvalue weighted by molar-refractivity contribution is -0.274. The van der Waals surface area contributed by atoms with E-state index in [-0.39, 0.29) is 11.0 Å². The number of alkyl halides is 3. The van der Waals surface area contributed by atoms with E-state index in [0.29, 0.717) is 36.1 Å². The SMILES string of the molecule is CCCc1ccc(C)cc1N1C(=O)SCC1=NC(=O)NCCc1cccc(-c2ncn(-c3ccc(OC(F)(F)F)cc3)n2)c1. The van der Waals surface area contributed by atoms with Crippen LogP contribution >= 0.6 is 11.8 Å². The van der Waals surface area contributed by atoms with Crippen molar-refractivity contribution in [2.45, 2.75) is 39.5 Å². The molecule has 0 unspecified atom stereocenters. The average molecular weight is 623 g/mol. The maximum absolute atomic E-state index is 12.7. The Morgan fingerprint density at radius 3 is 2.64 bits per heavy atom. The van der Waals surface area contributed by atoms with E-state index < -0.39 is 12.4 Å². The number of aryl methyl sites for hydroxylation is 2. The summed E-state index contributed by atoms with van der Waals surface area (Å²) >= 11 is 1.12. The molecule has 4 aromatic rings. The number of carbonyl (C=O) groups excluding carboxylic acids is 2. The number of thioether (sulfide) groups is 1. The summed E-state index contributed by atoms with van der Waals surface area (Å²) in [5, 5.41) is 7.10. The summed E-state index contributed by atoms with van der Waals surface area (Å²) in [7, 11) is 0. The Bertz CT molecular complexity index is 1690. The van der Waals surface area contributed by atoms with Crippen LogP contribution < -0.4 is 15.0 Å². The number of rotatable bonds is 9. The molecule has 0 atom stereocenters. The van der Waals surface area contributed by atoms with Crippen LogP contribution in [0.1, 0.15) is 30.0 Å². The Hall–Kier alpha value is -4.65. The molecular formula is C31H29F3N6O3S. The van der Waals surface area contributed by atoms with Crippen molar-refractivity contribution in [2.75, 3.05) is 17.2 Å². The number of nitrogens with one attached hydrogen (secondary N) is 1. The highest BCUT2D eigenvalue weighted by atomic mass is 32.2. The topological polar surface area (TPSA) is 102 Å². The van der Waals surface area contributed by atoms with Crippen molar-refractivity contribution >= 4 is 34.6 Å². The first-order chi connectivity index (χ1) is 21.1.